The lowest BCUT2D eigenvalue weighted by Crippen LogP contribution is -2.19. The number of nitrogens with two attached hydrogens (primary N) is 1. The average Bonchev–Trinajstić information content (AvgIpc) is 2.74. The van der Waals surface area contributed by atoms with Gasteiger partial charge in [0.25, 0.3) is 0 Å². The van der Waals surface area contributed by atoms with Crippen LogP contribution >= 0.6 is 0 Å². The molecule has 2 aromatic rings. The van der Waals surface area contributed by atoms with Gasteiger partial charge in [-0.05, 0) is 11.6 Å². The molecule has 0 saturated heterocycles. The number of benzene rings is 1. The monoisotopic (exact) mass is 231 g/mol. The summed E-state index contributed by atoms with van der Waals surface area (Å²) in [7, 11) is 1.65. The molecular weight excluding hydrogens is 214 g/mol. The van der Waals surface area contributed by atoms with Crippen molar-refractivity contribution in [2.45, 2.75) is 19.5 Å². The van der Waals surface area contributed by atoms with Crippen molar-refractivity contribution in [2.75, 3.05) is 7.05 Å². The molecule has 0 radical (unpaired) electrons. The first-order valence-corrected chi connectivity index (χ1v) is 5.73. The van der Waals surface area contributed by atoms with Gasteiger partial charge in [0.1, 0.15) is 0 Å². The summed E-state index contributed by atoms with van der Waals surface area (Å²) in [5, 5.41) is 3.80. The molecule has 90 valence electrons. The fourth-order valence-corrected chi connectivity index (χ4v) is 2.02. The molecule has 1 aromatic heterocycles. The van der Waals surface area contributed by atoms with Gasteiger partial charge in [-0.2, -0.15) is 0 Å². The third kappa shape index (κ3) is 2.31. The summed E-state index contributed by atoms with van der Waals surface area (Å²) in [6, 6.07) is 8.12. The molecule has 2 rings (SSSR count). The summed E-state index contributed by atoms with van der Waals surface area (Å²) >= 11 is 0. The molecule has 4 nitrogen and oxygen atoms in total. The van der Waals surface area contributed by atoms with Crippen LogP contribution < -0.4 is 11.1 Å². The van der Waals surface area contributed by atoms with Crippen LogP contribution in [0.5, 0.6) is 0 Å². The van der Waals surface area contributed by atoms with E-state index in [1.165, 1.54) is 5.39 Å². The van der Waals surface area contributed by atoms with Gasteiger partial charge in [0.05, 0.1) is 0 Å². The highest BCUT2D eigenvalue weighted by atomic mass is 16.1. The van der Waals surface area contributed by atoms with E-state index < -0.39 is 0 Å². The lowest BCUT2D eigenvalue weighted by atomic mass is 10.2. The van der Waals surface area contributed by atoms with Gasteiger partial charge in [0.15, 0.2) is 0 Å². The highest BCUT2D eigenvalue weighted by Crippen LogP contribution is 2.21. The molecule has 0 fully saturated rings. The second-order valence-corrected chi connectivity index (χ2v) is 3.99. The Kier molecular flexibility index (Phi) is 3.44. The van der Waals surface area contributed by atoms with E-state index in [9.17, 15) is 4.79 Å². The number of carbonyl (C=O) groups excluding carboxylic acids is 1. The van der Waals surface area contributed by atoms with Crippen LogP contribution in [0.1, 0.15) is 12.0 Å². The van der Waals surface area contributed by atoms with Crippen molar-refractivity contribution < 1.29 is 4.79 Å². The number of fused-ring (bicyclic) bond motifs is 1. The van der Waals surface area contributed by atoms with Crippen LogP contribution in [0.4, 0.5) is 0 Å². The van der Waals surface area contributed by atoms with Crippen LogP contribution in [-0.2, 0) is 17.9 Å². The number of hydrogen-bond acceptors (Lipinski definition) is 2. The second kappa shape index (κ2) is 5.01. The summed E-state index contributed by atoms with van der Waals surface area (Å²) in [4.78, 5) is 11.2. The minimum absolute atomic E-state index is 0.0529. The minimum atomic E-state index is 0.0529. The van der Waals surface area contributed by atoms with Crippen molar-refractivity contribution in [3.05, 3.63) is 36.0 Å². The molecule has 0 bridgehead atoms. The van der Waals surface area contributed by atoms with Crippen LogP contribution in [0.15, 0.2) is 30.5 Å². The van der Waals surface area contributed by atoms with Crippen LogP contribution in [0, 0.1) is 0 Å². The molecule has 3 N–H and O–H groups in total. The second-order valence-electron chi connectivity index (χ2n) is 3.99. The van der Waals surface area contributed by atoms with E-state index in [4.69, 9.17) is 5.73 Å². The van der Waals surface area contributed by atoms with Crippen molar-refractivity contribution in [3.63, 3.8) is 0 Å². The van der Waals surface area contributed by atoms with Crippen molar-refractivity contribution in [1.29, 1.82) is 0 Å². The molecule has 0 unspecified atom stereocenters. The number of para-hydroxylation sites is 1. The normalized spacial score (nSPS) is 10.7. The van der Waals surface area contributed by atoms with Gasteiger partial charge in [0.2, 0.25) is 5.91 Å². The first-order chi connectivity index (χ1) is 8.26. The molecule has 0 spiro atoms. The van der Waals surface area contributed by atoms with E-state index in [0.29, 0.717) is 19.5 Å². The van der Waals surface area contributed by atoms with Gasteiger partial charge >= 0.3 is 0 Å². The highest BCUT2D eigenvalue weighted by Gasteiger charge is 2.07. The van der Waals surface area contributed by atoms with Gasteiger partial charge in [-0.1, -0.05) is 18.2 Å². The van der Waals surface area contributed by atoms with Gasteiger partial charge in [-0.3, -0.25) is 4.79 Å². The van der Waals surface area contributed by atoms with E-state index >= 15 is 0 Å². The van der Waals surface area contributed by atoms with Gasteiger partial charge in [-0.25, -0.2) is 0 Å². The van der Waals surface area contributed by atoms with Crippen LogP contribution in [0.2, 0.25) is 0 Å². The van der Waals surface area contributed by atoms with Gasteiger partial charge in [0, 0.05) is 43.7 Å². The maximum atomic E-state index is 11.2. The Morgan fingerprint density at radius 3 is 2.88 bits per heavy atom. The minimum Gasteiger partial charge on any atom is -0.359 e. The molecular formula is C13H17N3O. The molecule has 0 aliphatic rings. The predicted molar refractivity (Wildman–Crippen MR) is 68.5 cm³/mol. The van der Waals surface area contributed by atoms with E-state index in [-0.39, 0.29) is 5.91 Å². The molecule has 0 saturated carbocycles. The number of nitrogens with one attached hydrogen (secondary N) is 1. The van der Waals surface area contributed by atoms with Crippen LogP contribution in [0.3, 0.4) is 0 Å². The zero-order valence-corrected chi connectivity index (χ0v) is 9.94. The summed E-state index contributed by atoms with van der Waals surface area (Å²) in [5.74, 6) is 0.0529. The fourth-order valence-electron chi connectivity index (χ4n) is 2.02. The van der Waals surface area contributed by atoms with Gasteiger partial charge < -0.3 is 15.6 Å². The number of amides is 1. The lowest BCUT2D eigenvalue weighted by Gasteiger charge is -2.04. The van der Waals surface area contributed by atoms with E-state index in [2.05, 4.69) is 22.0 Å². The Morgan fingerprint density at radius 1 is 1.41 bits per heavy atom. The average molecular weight is 231 g/mol. The smallest absolute Gasteiger partial charge is 0.221 e. The largest absolute Gasteiger partial charge is 0.359 e. The number of nitrogens with zero attached hydrogens (tertiary/aromatic N) is 1. The molecule has 17 heavy (non-hydrogen) atoms. The molecule has 1 heterocycles. The topological polar surface area (TPSA) is 60.0 Å². The van der Waals surface area contributed by atoms with Crippen molar-refractivity contribution in [1.82, 2.24) is 9.88 Å². The quantitative estimate of drug-likeness (QED) is 0.831. The lowest BCUT2D eigenvalue weighted by molar-refractivity contribution is -0.120. The Labute approximate surface area is 100 Å². The SMILES string of the molecule is CNC(=O)CCn1cc(CN)c2ccccc21. The van der Waals surface area contributed by atoms with E-state index in [0.717, 1.165) is 11.1 Å². The maximum absolute atomic E-state index is 11.2. The van der Waals surface area contributed by atoms with Crippen molar-refractivity contribution >= 4 is 16.8 Å². The molecule has 1 amide bonds. The Balaban J connectivity index is 2.31. The molecule has 0 aliphatic carbocycles. The van der Waals surface area contributed by atoms with Crippen molar-refractivity contribution in [2.24, 2.45) is 5.73 Å². The zero-order chi connectivity index (χ0) is 12.3. The number of hydrogen-bond donors (Lipinski definition) is 2. The van der Waals surface area contributed by atoms with E-state index in [1.807, 2.05) is 18.3 Å². The van der Waals surface area contributed by atoms with Crippen LogP contribution in [-0.4, -0.2) is 17.5 Å². The molecule has 1 aromatic carbocycles. The van der Waals surface area contributed by atoms with Crippen LogP contribution in [0.25, 0.3) is 10.9 Å². The zero-order valence-electron chi connectivity index (χ0n) is 9.94. The predicted octanol–water partition coefficient (Wildman–Crippen LogP) is 1.24. The number of aryl methyl sites for hydroxylation is 1. The summed E-state index contributed by atoms with van der Waals surface area (Å²) < 4.78 is 2.09. The Hall–Kier alpha value is -1.81. The van der Waals surface area contributed by atoms with Crippen molar-refractivity contribution in [3.8, 4) is 0 Å². The molecule has 0 atom stereocenters. The summed E-state index contributed by atoms with van der Waals surface area (Å²) in [6.07, 6.45) is 2.52. The number of aromatic nitrogens is 1. The first kappa shape index (κ1) is 11.7. The summed E-state index contributed by atoms with van der Waals surface area (Å²) in [6.45, 7) is 1.20. The molecule has 0 aliphatic heterocycles. The van der Waals surface area contributed by atoms with Gasteiger partial charge in [-0.15, -0.1) is 0 Å². The maximum Gasteiger partial charge on any atom is 0.221 e. The Bertz CT molecular complexity index is 530. The third-order valence-electron chi connectivity index (χ3n) is 2.95. The summed E-state index contributed by atoms with van der Waals surface area (Å²) in [5.41, 5.74) is 7.98. The third-order valence-corrected chi connectivity index (χ3v) is 2.95. The standard InChI is InChI=1S/C13H17N3O/c1-15-13(17)6-7-16-9-10(8-14)11-4-2-3-5-12(11)16/h2-5,9H,6-8,14H2,1H3,(H,15,17). The highest BCUT2D eigenvalue weighted by molar-refractivity contribution is 5.84. The first-order valence-electron chi connectivity index (χ1n) is 5.73. The Morgan fingerprint density at radius 2 is 2.18 bits per heavy atom. The molecule has 4 heteroatoms. The van der Waals surface area contributed by atoms with E-state index in [1.54, 1.807) is 7.05 Å². The number of carbonyl (C=O) groups is 1. The fraction of sp³-hybridized carbons (Fsp3) is 0.308. The number of rotatable bonds is 4.